The molecule has 0 unspecified atom stereocenters. The third-order valence-electron chi connectivity index (χ3n) is 2.39. The number of esters is 1. The number of rotatable bonds is 2. The lowest BCUT2D eigenvalue weighted by atomic mass is 9.75. The summed E-state index contributed by atoms with van der Waals surface area (Å²) in [5, 5.41) is 0. The Morgan fingerprint density at radius 1 is 1.27 bits per heavy atom. The summed E-state index contributed by atoms with van der Waals surface area (Å²) < 4.78 is 4.66. The van der Waals surface area contributed by atoms with Gasteiger partial charge in [0.15, 0.2) is 0 Å². The van der Waals surface area contributed by atoms with Crippen LogP contribution in [0.25, 0.3) is 0 Å². The Labute approximate surface area is 67.9 Å². The number of hydrogen-bond acceptors (Lipinski definition) is 2. The van der Waals surface area contributed by atoms with Crippen LogP contribution in [-0.2, 0) is 9.53 Å². The molecule has 0 aromatic carbocycles. The molecule has 3 heteroatoms. The highest BCUT2D eigenvalue weighted by Crippen LogP contribution is 2.27. The summed E-state index contributed by atoms with van der Waals surface area (Å²) in [5.41, 5.74) is 3.08. The third-order valence-corrected chi connectivity index (χ3v) is 2.39. The van der Waals surface area contributed by atoms with Gasteiger partial charge in [-0.25, -0.2) is 0 Å². The summed E-state index contributed by atoms with van der Waals surface area (Å²) >= 11 is 0. The molecule has 0 aromatic heterocycles. The van der Waals surface area contributed by atoms with Crippen molar-refractivity contribution in [2.75, 3.05) is 7.11 Å². The van der Waals surface area contributed by atoms with Crippen molar-refractivity contribution in [3.8, 4) is 0 Å². The van der Waals surface area contributed by atoms with E-state index in [1.807, 2.05) is 27.7 Å². The van der Waals surface area contributed by atoms with Gasteiger partial charge in [0.05, 0.1) is 7.11 Å². The van der Waals surface area contributed by atoms with Crippen molar-refractivity contribution in [2.24, 2.45) is 5.41 Å². The second-order valence-electron chi connectivity index (χ2n) is 4.00. The summed E-state index contributed by atoms with van der Waals surface area (Å²) in [6.07, 6.45) is 0. The third kappa shape index (κ3) is 1.93. The molecule has 0 amide bonds. The standard InChI is InChI=1S/C8H17NO2/c1-7(2,6(10)11-5)8(3,4)9/h9H2,1-5H3/p+1. The van der Waals surface area contributed by atoms with Gasteiger partial charge in [-0.1, -0.05) is 0 Å². The zero-order chi connectivity index (χ0) is 9.28. The fraction of sp³-hybridized carbons (Fsp3) is 0.875. The maximum Gasteiger partial charge on any atom is 0.317 e. The minimum Gasteiger partial charge on any atom is -0.468 e. The van der Waals surface area contributed by atoms with E-state index in [9.17, 15) is 4.79 Å². The van der Waals surface area contributed by atoms with E-state index < -0.39 is 5.41 Å². The molecule has 0 aromatic rings. The van der Waals surface area contributed by atoms with E-state index >= 15 is 0 Å². The number of methoxy groups -OCH3 is 1. The van der Waals surface area contributed by atoms with Gasteiger partial charge in [0.1, 0.15) is 11.0 Å². The second kappa shape index (κ2) is 2.81. The first-order valence-electron chi connectivity index (χ1n) is 3.67. The first-order valence-corrected chi connectivity index (χ1v) is 3.67. The van der Waals surface area contributed by atoms with Crippen molar-refractivity contribution in [2.45, 2.75) is 33.2 Å². The molecule has 0 atom stereocenters. The van der Waals surface area contributed by atoms with Gasteiger partial charge >= 0.3 is 5.97 Å². The monoisotopic (exact) mass is 160 g/mol. The minimum atomic E-state index is -0.526. The highest BCUT2D eigenvalue weighted by atomic mass is 16.5. The molecule has 66 valence electrons. The lowest BCUT2D eigenvalue weighted by molar-refractivity contribution is -0.488. The zero-order valence-electron chi connectivity index (χ0n) is 8.02. The van der Waals surface area contributed by atoms with Crippen molar-refractivity contribution < 1.29 is 15.3 Å². The summed E-state index contributed by atoms with van der Waals surface area (Å²) in [6.45, 7) is 7.52. The second-order valence-corrected chi connectivity index (χ2v) is 4.00. The molecule has 0 saturated carbocycles. The predicted octanol–water partition coefficient (Wildman–Crippen LogP) is 0.206. The van der Waals surface area contributed by atoms with Gasteiger partial charge in [-0.3, -0.25) is 4.79 Å². The maximum atomic E-state index is 11.2. The van der Waals surface area contributed by atoms with Gasteiger partial charge in [-0.2, -0.15) is 0 Å². The SMILES string of the molecule is COC(=O)C(C)(C)C(C)(C)[NH3+]. The Bertz CT molecular complexity index is 156. The van der Waals surface area contributed by atoms with Crippen LogP contribution < -0.4 is 5.73 Å². The Morgan fingerprint density at radius 3 is 1.73 bits per heavy atom. The molecule has 0 aliphatic heterocycles. The Morgan fingerprint density at radius 2 is 1.64 bits per heavy atom. The highest BCUT2D eigenvalue weighted by Gasteiger charge is 2.44. The molecule has 0 fully saturated rings. The van der Waals surface area contributed by atoms with Gasteiger partial charge in [-0.15, -0.1) is 0 Å². The summed E-state index contributed by atoms with van der Waals surface area (Å²) in [7, 11) is 1.40. The van der Waals surface area contributed by atoms with Crippen LogP contribution in [-0.4, -0.2) is 18.6 Å². The first kappa shape index (κ1) is 10.4. The van der Waals surface area contributed by atoms with E-state index in [1.54, 1.807) is 0 Å². The van der Waals surface area contributed by atoms with E-state index in [0.717, 1.165) is 0 Å². The van der Waals surface area contributed by atoms with Gasteiger partial charge in [0.2, 0.25) is 0 Å². The van der Waals surface area contributed by atoms with Gasteiger partial charge in [-0.05, 0) is 27.7 Å². The summed E-state index contributed by atoms with van der Waals surface area (Å²) in [6, 6.07) is 0. The average molecular weight is 160 g/mol. The van der Waals surface area contributed by atoms with Crippen LogP contribution in [0.2, 0.25) is 0 Å². The molecule has 3 N–H and O–H groups in total. The number of quaternary nitrogens is 1. The van der Waals surface area contributed by atoms with Crippen LogP contribution in [0, 0.1) is 5.41 Å². The molecular weight excluding hydrogens is 142 g/mol. The quantitative estimate of drug-likeness (QED) is 0.587. The normalized spacial score (nSPS) is 12.9. The Hall–Kier alpha value is -0.570. The lowest BCUT2D eigenvalue weighted by Gasteiger charge is -2.31. The molecule has 0 heterocycles. The van der Waals surface area contributed by atoms with Crippen molar-refractivity contribution in [3.63, 3.8) is 0 Å². The Balaban J connectivity index is 4.59. The predicted molar refractivity (Wildman–Crippen MR) is 42.8 cm³/mol. The van der Waals surface area contributed by atoms with Crippen molar-refractivity contribution in [1.82, 2.24) is 0 Å². The van der Waals surface area contributed by atoms with Crippen LogP contribution >= 0.6 is 0 Å². The molecule has 0 spiro atoms. The fourth-order valence-electron chi connectivity index (χ4n) is 0.531. The number of carbonyl (C=O) groups is 1. The summed E-state index contributed by atoms with van der Waals surface area (Å²) in [5.74, 6) is -0.211. The maximum absolute atomic E-state index is 11.2. The molecule has 0 rings (SSSR count). The number of hydrogen-bond donors (Lipinski definition) is 1. The first-order chi connectivity index (χ1) is 4.73. The van der Waals surface area contributed by atoms with E-state index in [4.69, 9.17) is 0 Å². The fourth-order valence-corrected chi connectivity index (χ4v) is 0.531. The van der Waals surface area contributed by atoms with Crippen LogP contribution in [0.3, 0.4) is 0 Å². The Kier molecular flexibility index (Phi) is 2.67. The van der Waals surface area contributed by atoms with Crippen LogP contribution in [0.15, 0.2) is 0 Å². The van der Waals surface area contributed by atoms with Crippen LogP contribution in [0.1, 0.15) is 27.7 Å². The molecular formula is C8H18NO2+. The lowest BCUT2D eigenvalue weighted by Crippen LogP contribution is -2.76. The van der Waals surface area contributed by atoms with E-state index in [2.05, 4.69) is 10.5 Å². The molecule has 0 aliphatic carbocycles. The molecule has 0 bridgehead atoms. The van der Waals surface area contributed by atoms with Crippen molar-refractivity contribution in [1.29, 1.82) is 0 Å². The molecule has 3 nitrogen and oxygen atoms in total. The van der Waals surface area contributed by atoms with E-state index in [1.165, 1.54) is 7.11 Å². The van der Waals surface area contributed by atoms with E-state index in [0.29, 0.717) is 0 Å². The van der Waals surface area contributed by atoms with Gasteiger partial charge in [0, 0.05) is 0 Å². The molecule has 0 saturated heterocycles. The molecule has 11 heavy (non-hydrogen) atoms. The number of ether oxygens (including phenoxy) is 1. The van der Waals surface area contributed by atoms with Crippen LogP contribution in [0.5, 0.6) is 0 Å². The smallest absolute Gasteiger partial charge is 0.317 e. The van der Waals surface area contributed by atoms with Crippen LogP contribution in [0.4, 0.5) is 0 Å². The largest absolute Gasteiger partial charge is 0.468 e. The molecule has 0 aliphatic rings. The van der Waals surface area contributed by atoms with Crippen molar-refractivity contribution >= 4 is 5.97 Å². The topological polar surface area (TPSA) is 53.9 Å². The van der Waals surface area contributed by atoms with Gasteiger partial charge < -0.3 is 10.5 Å². The van der Waals surface area contributed by atoms with Gasteiger partial charge in [0.25, 0.3) is 0 Å². The van der Waals surface area contributed by atoms with E-state index in [-0.39, 0.29) is 11.5 Å². The molecule has 0 radical (unpaired) electrons. The van der Waals surface area contributed by atoms with Crippen molar-refractivity contribution in [3.05, 3.63) is 0 Å². The minimum absolute atomic E-state index is 0.211. The highest BCUT2D eigenvalue weighted by molar-refractivity contribution is 5.77. The summed E-state index contributed by atoms with van der Waals surface area (Å²) in [4.78, 5) is 11.2. The number of carbonyl (C=O) groups excluding carboxylic acids is 1. The average Bonchev–Trinajstić information content (AvgIpc) is 1.83. The zero-order valence-corrected chi connectivity index (χ0v) is 8.02.